The van der Waals surface area contributed by atoms with Crippen LogP contribution in [-0.2, 0) is 9.53 Å². The maximum Gasteiger partial charge on any atom is 0.331 e. The summed E-state index contributed by atoms with van der Waals surface area (Å²) >= 11 is 0. The van der Waals surface area contributed by atoms with Crippen LogP contribution in [0.25, 0.3) is 0 Å². The Hall–Kier alpha value is -0.910. The molecule has 5 N–H and O–H groups in total. The van der Waals surface area contributed by atoms with Gasteiger partial charge >= 0.3 is 5.97 Å². The zero-order chi connectivity index (χ0) is 11.4. The highest BCUT2D eigenvalue weighted by Gasteiger charge is 2.30. The second-order valence-corrected chi connectivity index (χ2v) is 3.78. The van der Waals surface area contributed by atoms with E-state index in [1.807, 2.05) is 6.92 Å². The Morgan fingerprint density at radius 1 is 1.67 bits per heavy atom. The number of carboxylic acids is 1. The molecule has 1 aliphatic rings. The molecule has 0 amide bonds. The summed E-state index contributed by atoms with van der Waals surface area (Å²) in [6.45, 7) is 2.55. The second-order valence-electron chi connectivity index (χ2n) is 3.78. The Morgan fingerprint density at radius 2 is 2.33 bits per heavy atom. The number of carboxylic acid groups (broad SMARTS) is 1. The zero-order valence-corrected chi connectivity index (χ0v) is 8.85. The van der Waals surface area contributed by atoms with Crippen molar-refractivity contribution in [2.24, 2.45) is 11.5 Å². The normalized spacial score (nSPS) is 31.1. The number of rotatable bonds is 4. The van der Waals surface area contributed by atoms with E-state index < -0.39 is 5.97 Å². The highest BCUT2D eigenvalue weighted by atomic mass is 16.5. The van der Waals surface area contributed by atoms with Crippen molar-refractivity contribution in [3.63, 3.8) is 0 Å². The molecule has 0 fully saturated rings. The molecule has 0 radical (unpaired) electrons. The van der Waals surface area contributed by atoms with Gasteiger partial charge in [0.2, 0.25) is 0 Å². The smallest absolute Gasteiger partial charge is 0.331 e. The van der Waals surface area contributed by atoms with Gasteiger partial charge in [-0.15, -0.1) is 0 Å². The number of carbonyl (C=O) groups is 1. The fourth-order valence-electron chi connectivity index (χ4n) is 1.58. The van der Waals surface area contributed by atoms with E-state index in [1.54, 1.807) is 6.08 Å². The SMILES string of the molecule is CCCO[C@@H]1C=C(C(=O)O)C[C@H](N)[C@H]1N. The lowest BCUT2D eigenvalue weighted by atomic mass is 9.89. The third-order valence-electron chi connectivity index (χ3n) is 2.48. The summed E-state index contributed by atoms with van der Waals surface area (Å²) in [6.07, 6.45) is 2.38. The molecule has 0 unspecified atom stereocenters. The zero-order valence-electron chi connectivity index (χ0n) is 8.85. The maximum absolute atomic E-state index is 10.8. The first-order valence-electron chi connectivity index (χ1n) is 5.13. The molecule has 0 saturated carbocycles. The van der Waals surface area contributed by atoms with Crippen LogP contribution >= 0.6 is 0 Å². The van der Waals surface area contributed by atoms with Crippen molar-refractivity contribution < 1.29 is 14.6 Å². The van der Waals surface area contributed by atoms with Crippen LogP contribution in [-0.4, -0.2) is 35.9 Å². The molecular formula is C10H18N2O3. The highest BCUT2D eigenvalue weighted by Crippen LogP contribution is 2.19. The van der Waals surface area contributed by atoms with Crippen LogP contribution in [0.3, 0.4) is 0 Å². The Kier molecular flexibility index (Phi) is 4.26. The van der Waals surface area contributed by atoms with Crippen LogP contribution in [0.1, 0.15) is 19.8 Å². The van der Waals surface area contributed by atoms with Gasteiger partial charge in [0.05, 0.1) is 6.10 Å². The van der Waals surface area contributed by atoms with Crippen LogP contribution < -0.4 is 11.5 Å². The molecule has 1 aliphatic carbocycles. The molecule has 15 heavy (non-hydrogen) atoms. The van der Waals surface area contributed by atoms with Gasteiger partial charge in [-0.3, -0.25) is 0 Å². The third-order valence-corrected chi connectivity index (χ3v) is 2.48. The molecule has 0 aromatic carbocycles. The van der Waals surface area contributed by atoms with Crippen molar-refractivity contribution >= 4 is 5.97 Å². The minimum absolute atomic E-state index is 0.297. The van der Waals surface area contributed by atoms with Gasteiger partial charge in [0.25, 0.3) is 0 Å². The van der Waals surface area contributed by atoms with Crippen molar-refractivity contribution in [2.75, 3.05) is 6.61 Å². The molecule has 3 atom stereocenters. The largest absolute Gasteiger partial charge is 0.478 e. The predicted molar refractivity (Wildman–Crippen MR) is 56.3 cm³/mol. The average Bonchev–Trinajstić information content (AvgIpc) is 2.19. The van der Waals surface area contributed by atoms with E-state index in [-0.39, 0.29) is 18.2 Å². The first kappa shape index (κ1) is 12.2. The second kappa shape index (κ2) is 5.25. The quantitative estimate of drug-likeness (QED) is 0.604. The minimum Gasteiger partial charge on any atom is -0.478 e. The third kappa shape index (κ3) is 3.02. The van der Waals surface area contributed by atoms with E-state index in [2.05, 4.69) is 0 Å². The van der Waals surface area contributed by atoms with E-state index in [4.69, 9.17) is 21.3 Å². The molecule has 5 nitrogen and oxygen atoms in total. The molecular weight excluding hydrogens is 196 g/mol. The monoisotopic (exact) mass is 214 g/mol. The molecule has 5 heteroatoms. The summed E-state index contributed by atoms with van der Waals surface area (Å²) in [5.74, 6) is -0.942. The van der Waals surface area contributed by atoms with Gasteiger partial charge in [-0.25, -0.2) is 4.79 Å². The Morgan fingerprint density at radius 3 is 2.87 bits per heavy atom. The minimum atomic E-state index is -0.942. The molecule has 0 aromatic rings. The molecule has 0 bridgehead atoms. The van der Waals surface area contributed by atoms with Crippen molar-refractivity contribution in [2.45, 2.75) is 38.0 Å². The summed E-state index contributed by atoms with van der Waals surface area (Å²) in [7, 11) is 0. The van der Waals surface area contributed by atoms with E-state index in [9.17, 15) is 4.79 Å². The summed E-state index contributed by atoms with van der Waals surface area (Å²) in [5.41, 5.74) is 11.9. The van der Waals surface area contributed by atoms with E-state index in [0.717, 1.165) is 6.42 Å². The lowest BCUT2D eigenvalue weighted by Crippen LogP contribution is -2.52. The summed E-state index contributed by atoms with van der Waals surface area (Å²) < 4.78 is 5.45. The summed E-state index contributed by atoms with van der Waals surface area (Å²) in [4.78, 5) is 10.8. The van der Waals surface area contributed by atoms with Crippen molar-refractivity contribution in [1.82, 2.24) is 0 Å². The average molecular weight is 214 g/mol. The van der Waals surface area contributed by atoms with Gasteiger partial charge in [-0.1, -0.05) is 6.92 Å². The molecule has 0 aromatic heterocycles. The van der Waals surface area contributed by atoms with E-state index in [0.29, 0.717) is 18.6 Å². The number of nitrogens with two attached hydrogens (primary N) is 2. The first-order chi connectivity index (χ1) is 7.06. The van der Waals surface area contributed by atoms with Gasteiger partial charge in [0.1, 0.15) is 0 Å². The number of hydrogen-bond donors (Lipinski definition) is 3. The lowest BCUT2D eigenvalue weighted by Gasteiger charge is -2.31. The number of hydrogen-bond acceptors (Lipinski definition) is 4. The van der Waals surface area contributed by atoms with E-state index in [1.165, 1.54) is 0 Å². The summed E-state index contributed by atoms with van der Waals surface area (Å²) in [6, 6.07) is -0.664. The van der Waals surface area contributed by atoms with Crippen molar-refractivity contribution in [3.05, 3.63) is 11.6 Å². The van der Waals surface area contributed by atoms with Crippen LogP contribution in [0, 0.1) is 0 Å². The van der Waals surface area contributed by atoms with Gasteiger partial charge < -0.3 is 21.3 Å². The molecule has 0 heterocycles. The Labute approximate surface area is 89.1 Å². The van der Waals surface area contributed by atoms with E-state index >= 15 is 0 Å². The standard InChI is InChI=1S/C10H18N2O3/c1-2-3-15-8-5-6(10(13)14)4-7(11)9(8)12/h5,7-9H,2-4,11-12H2,1H3,(H,13,14)/t7-,8+,9+/m0/s1. The fourth-order valence-corrected chi connectivity index (χ4v) is 1.58. The highest BCUT2D eigenvalue weighted by molar-refractivity contribution is 5.87. The molecule has 0 spiro atoms. The number of aliphatic carboxylic acids is 1. The summed E-state index contributed by atoms with van der Waals surface area (Å²) in [5, 5.41) is 8.87. The van der Waals surface area contributed by atoms with Crippen molar-refractivity contribution in [1.29, 1.82) is 0 Å². The Bertz CT molecular complexity index is 265. The van der Waals surface area contributed by atoms with Gasteiger partial charge in [0, 0.05) is 24.3 Å². The topological polar surface area (TPSA) is 98.6 Å². The van der Waals surface area contributed by atoms with Crippen molar-refractivity contribution in [3.8, 4) is 0 Å². The molecule has 0 saturated heterocycles. The lowest BCUT2D eigenvalue weighted by molar-refractivity contribution is -0.133. The molecule has 0 aliphatic heterocycles. The predicted octanol–water partition coefficient (Wildman–Crippen LogP) is -0.149. The fraction of sp³-hybridized carbons (Fsp3) is 0.700. The van der Waals surface area contributed by atoms with Crippen LogP contribution in [0.2, 0.25) is 0 Å². The van der Waals surface area contributed by atoms with Crippen LogP contribution in [0.15, 0.2) is 11.6 Å². The first-order valence-corrected chi connectivity index (χ1v) is 5.13. The van der Waals surface area contributed by atoms with Crippen LogP contribution in [0.5, 0.6) is 0 Å². The van der Waals surface area contributed by atoms with Crippen LogP contribution in [0.4, 0.5) is 0 Å². The molecule has 86 valence electrons. The van der Waals surface area contributed by atoms with Gasteiger partial charge in [-0.05, 0) is 18.9 Å². The van der Waals surface area contributed by atoms with Gasteiger partial charge in [0.15, 0.2) is 0 Å². The Balaban J connectivity index is 2.73. The maximum atomic E-state index is 10.8. The van der Waals surface area contributed by atoms with Gasteiger partial charge in [-0.2, -0.15) is 0 Å². The number of ether oxygens (including phenoxy) is 1. The molecule has 1 rings (SSSR count).